The van der Waals surface area contributed by atoms with Crippen molar-refractivity contribution in [2.45, 2.75) is 0 Å². The number of amidine groups is 1. The van der Waals surface area contributed by atoms with E-state index in [-0.39, 0.29) is 5.84 Å². The Bertz CT molecular complexity index is 505. The van der Waals surface area contributed by atoms with E-state index in [1.807, 2.05) is 0 Å². The molecule has 5 nitrogen and oxygen atoms in total. The van der Waals surface area contributed by atoms with E-state index in [4.69, 9.17) is 22.5 Å². The number of nitrogens with one attached hydrogen (secondary N) is 1. The molecular formula is C8H7ClN4O. The standard InChI is InChI=1S/C8H7ClN4O/c9-5-2-7-6(11-3-12-7)1-4(5)8(10)13-14/h1-3,14H,(H2,10,13)(H,11,12). The van der Waals surface area contributed by atoms with Crippen molar-refractivity contribution >= 4 is 28.5 Å². The number of nitrogens with two attached hydrogens (primary N) is 1. The van der Waals surface area contributed by atoms with Gasteiger partial charge < -0.3 is 15.9 Å². The summed E-state index contributed by atoms with van der Waals surface area (Å²) in [6.07, 6.45) is 1.55. The lowest BCUT2D eigenvalue weighted by Crippen LogP contribution is -2.13. The van der Waals surface area contributed by atoms with Crippen LogP contribution in [0.25, 0.3) is 11.0 Å². The van der Waals surface area contributed by atoms with Crippen LogP contribution < -0.4 is 5.73 Å². The third kappa shape index (κ3) is 1.27. The summed E-state index contributed by atoms with van der Waals surface area (Å²) in [5.74, 6) is -0.0279. The highest BCUT2D eigenvalue weighted by atomic mass is 35.5. The van der Waals surface area contributed by atoms with Crippen molar-refractivity contribution < 1.29 is 5.21 Å². The number of aromatic nitrogens is 2. The van der Waals surface area contributed by atoms with E-state index in [9.17, 15) is 0 Å². The number of imidazole rings is 1. The Labute approximate surface area is 84.2 Å². The van der Waals surface area contributed by atoms with Crippen LogP contribution in [-0.2, 0) is 0 Å². The number of oxime groups is 1. The largest absolute Gasteiger partial charge is 0.409 e. The third-order valence-electron chi connectivity index (χ3n) is 1.89. The molecular weight excluding hydrogens is 204 g/mol. The Morgan fingerprint density at radius 2 is 2.36 bits per heavy atom. The first kappa shape index (κ1) is 8.83. The molecule has 0 saturated carbocycles. The van der Waals surface area contributed by atoms with Crippen molar-refractivity contribution in [1.29, 1.82) is 0 Å². The molecule has 1 heterocycles. The van der Waals surface area contributed by atoms with Gasteiger partial charge in [0.15, 0.2) is 5.84 Å². The summed E-state index contributed by atoms with van der Waals surface area (Å²) in [6, 6.07) is 3.33. The molecule has 0 amide bonds. The number of aromatic amines is 1. The zero-order valence-electron chi connectivity index (χ0n) is 7.03. The monoisotopic (exact) mass is 210 g/mol. The lowest BCUT2D eigenvalue weighted by Gasteiger charge is -2.01. The maximum absolute atomic E-state index is 8.51. The van der Waals surface area contributed by atoms with Gasteiger partial charge in [0, 0.05) is 5.56 Å². The first-order chi connectivity index (χ1) is 6.72. The topological polar surface area (TPSA) is 87.3 Å². The van der Waals surface area contributed by atoms with E-state index in [1.165, 1.54) is 0 Å². The molecule has 0 fully saturated rings. The van der Waals surface area contributed by atoms with Gasteiger partial charge in [0.25, 0.3) is 0 Å². The molecule has 0 radical (unpaired) electrons. The second-order valence-corrected chi connectivity index (χ2v) is 3.14. The summed E-state index contributed by atoms with van der Waals surface area (Å²) < 4.78 is 0. The number of fused-ring (bicyclic) bond motifs is 1. The lowest BCUT2D eigenvalue weighted by molar-refractivity contribution is 0.318. The van der Waals surface area contributed by atoms with E-state index < -0.39 is 0 Å². The number of nitrogens with zero attached hydrogens (tertiary/aromatic N) is 2. The van der Waals surface area contributed by atoms with Crippen LogP contribution in [0.4, 0.5) is 0 Å². The number of hydrogen-bond acceptors (Lipinski definition) is 3. The average Bonchev–Trinajstić information content (AvgIpc) is 2.62. The van der Waals surface area contributed by atoms with Gasteiger partial charge in [-0.3, -0.25) is 0 Å². The van der Waals surface area contributed by atoms with Gasteiger partial charge in [0.2, 0.25) is 0 Å². The van der Waals surface area contributed by atoms with Crippen LogP contribution >= 0.6 is 11.6 Å². The number of H-pyrrole nitrogens is 1. The van der Waals surface area contributed by atoms with Crippen LogP contribution in [0.3, 0.4) is 0 Å². The minimum atomic E-state index is -0.0279. The van der Waals surface area contributed by atoms with E-state index in [1.54, 1.807) is 18.5 Å². The van der Waals surface area contributed by atoms with Gasteiger partial charge in [0.1, 0.15) is 0 Å². The van der Waals surface area contributed by atoms with Crippen LogP contribution in [-0.4, -0.2) is 21.0 Å². The molecule has 4 N–H and O–H groups in total. The minimum Gasteiger partial charge on any atom is -0.409 e. The van der Waals surface area contributed by atoms with Crippen molar-refractivity contribution in [3.63, 3.8) is 0 Å². The smallest absolute Gasteiger partial charge is 0.171 e. The summed E-state index contributed by atoms with van der Waals surface area (Å²) in [7, 11) is 0. The summed E-state index contributed by atoms with van der Waals surface area (Å²) in [4.78, 5) is 6.94. The molecule has 1 aromatic carbocycles. The van der Waals surface area contributed by atoms with E-state index >= 15 is 0 Å². The number of halogens is 1. The van der Waals surface area contributed by atoms with Gasteiger partial charge in [0.05, 0.1) is 22.4 Å². The molecule has 0 atom stereocenters. The molecule has 0 aliphatic rings. The van der Waals surface area contributed by atoms with Gasteiger partial charge >= 0.3 is 0 Å². The molecule has 1 aromatic heterocycles. The van der Waals surface area contributed by atoms with Gasteiger partial charge in [-0.05, 0) is 12.1 Å². The normalized spacial score (nSPS) is 12.2. The quantitative estimate of drug-likeness (QED) is 0.287. The van der Waals surface area contributed by atoms with Gasteiger partial charge in [-0.15, -0.1) is 0 Å². The molecule has 0 aliphatic carbocycles. The van der Waals surface area contributed by atoms with Crippen molar-refractivity contribution in [3.8, 4) is 0 Å². The third-order valence-corrected chi connectivity index (χ3v) is 2.21. The summed E-state index contributed by atoms with van der Waals surface area (Å²) in [6.45, 7) is 0. The van der Waals surface area contributed by atoms with Crippen molar-refractivity contribution in [2.75, 3.05) is 0 Å². The van der Waals surface area contributed by atoms with Gasteiger partial charge in [-0.25, -0.2) is 4.98 Å². The molecule has 14 heavy (non-hydrogen) atoms. The predicted molar refractivity (Wildman–Crippen MR) is 53.6 cm³/mol. The molecule has 6 heteroatoms. The van der Waals surface area contributed by atoms with E-state index in [0.717, 1.165) is 11.0 Å². The predicted octanol–water partition coefficient (Wildman–Crippen LogP) is 1.31. The van der Waals surface area contributed by atoms with Gasteiger partial charge in [-0.2, -0.15) is 0 Å². The van der Waals surface area contributed by atoms with Crippen molar-refractivity contribution in [1.82, 2.24) is 9.97 Å². The summed E-state index contributed by atoms with van der Waals surface area (Å²) in [5.41, 5.74) is 7.43. The highest BCUT2D eigenvalue weighted by molar-refractivity contribution is 6.34. The first-order valence-corrected chi connectivity index (χ1v) is 4.20. The zero-order valence-corrected chi connectivity index (χ0v) is 7.78. The number of hydrogen-bond donors (Lipinski definition) is 3. The minimum absolute atomic E-state index is 0.0279. The van der Waals surface area contributed by atoms with Crippen LogP contribution in [0.15, 0.2) is 23.6 Å². The van der Waals surface area contributed by atoms with E-state index in [0.29, 0.717) is 10.6 Å². The molecule has 2 aromatic rings. The zero-order chi connectivity index (χ0) is 10.1. The Morgan fingerprint density at radius 1 is 1.57 bits per heavy atom. The molecule has 0 unspecified atom stereocenters. The van der Waals surface area contributed by atoms with Crippen LogP contribution in [0.1, 0.15) is 5.56 Å². The molecule has 0 saturated heterocycles. The van der Waals surface area contributed by atoms with Crippen LogP contribution in [0.2, 0.25) is 5.02 Å². The Kier molecular flexibility index (Phi) is 2.01. The SMILES string of the molecule is N/C(=N/O)c1cc2nc[nH]c2cc1Cl. The highest BCUT2D eigenvalue weighted by Gasteiger charge is 2.08. The van der Waals surface area contributed by atoms with Crippen LogP contribution in [0.5, 0.6) is 0 Å². The maximum atomic E-state index is 8.51. The fourth-order valence-electron chi connectivity index (χ4n) is 1.21. The Hall–Kier alpha value is -1.75. The highest BCUT2D eigenvalue weighted by Crippen LogP contribution is 2.21. The fourth-order valence-corrected chi connectivity index (χ4v) is 1.47. The summed E-state index contributed by atoms with van der Waals surface area (Å²) >= 11 is 5.91. The Balaban J connectivity index is 2.71. The summed E-state index contributed by atoms with van der Waals surface area (Å²) in [5, 5.41) is 11.8. The molecule has 0 bridgehead atoms. The molecule has 0 spiro atoms. The first-order valence-electron chi connectivity index (χ1n) is 3.83. The Morgan fingerprint density at radius 3 is 3.07 bits per heavy atom. The second-order valence-electron chi connectivity index (χ2n) is 2.74. The van der Waals surface area contributed by atoms with E-state index in [2.05, 4.69) is 15.1 Å². The number of benzene rings is 1. The van der Waals surface area contributed by atoms with Crippen molar-refractivity contribution in [3.05, 3.63) is 29.0 Å². The fraction of sp³-hybridized carbons (Fsp3) is 0. The molecule has 72 valence electrons. The second kappa shape index (κ2) is 3.19. The average molecular weight is 211 g/mol. The van der Waals surface area contributed by atoms with Gasteiger partial charge in [-0.1, -0.05) is 16.8 Å². The lowest BCUT2D eigenvalue weighted by atomic mass is 10.2. The maximum Gasteiger partial charge on any atom is 0.171 e. The van der Waals surface area contributed by atoms with Crippen molar-refractivity contribution in [2.24, 2.45) is 10.9 Å². The molecule has 0 aliphatic heterocycles. The molecule has 2 rings (SSSR count). The van der Waals surface area contributed by atoms with Crippen LogP contribution in [0, 0.1) is 0 Å². The number of rotatable bonds is 1.